The third-order valence-electron chi connectivity index (χ3n) is 3.32. The van der Waals surface area contributed by atoms with Crippen molar-refractivity contribution >= 4 is 0 Å². The van der Waals surface area contributed by atoms with E-state index < -0.39 is 40.8 Å². The molecule has 0 aliphatic rings. The molecule has 0 spiro atoms. The lowest BCUT2D eigenvalue weighted by Crippen LogP contribution is -2.15. The first-order chi connectivity index (χ1) is 12.2. The van der Waals surface area contributed by atoms with E-state index in [0.717, 1.165) is 12.8 Å². The summed E-state index contributed by atoms with van der Waals surface area (Å²) in [5, 5.41) is 0. The van der Waals surface area contributed by atoms with Gasteiger partial charge in [-0.2, -0.15) is 22.0 Å². The van der Waals surface area contributed by atoms with Crippen molar-refractivity contribution in [3.05, 3.63) is 53.1 Å². The molecule has 0 fully saturated rings. The van der Waals surface area contributed by atoms with Gasteiger partial charge in [0.2, 0.25) is 17.4 Å². The van der Waals surface area contributed by atoms with Gasteiger partial charge in [-0.05, 0) is 30.7 Å². The van der Waals surface area contributed by atoms with Gasteiger partial charge in [0.1, 0.15) is 17.1 Å². The van der Waals surface area contributed by atoms with Crippen LogP contribution in [0.25, 0.3) is 0 Å². The molecule has 0 saturated carbocycles. The second-order valence-corrected chi connectivity index (χ2v) is 5.23. The van der Waals surface area contributed by atoms with Crippen LogP contribution in [0.3, 0.4) is 0 Å². The summed E-state index contributed by atoms with van der Waals surface area (Å²) in [7, 11) is 0. The van der Waals surface area contributed by atoms with Crippen LogP contribution in [0.4, 0.5) is 30.7 Å². The molecule has 2 rings (SSSR count). The zero-order chi connectivity index (χ0) is 19.5. The molecule has 0 aliphatic carbocycles. The van der Waals surface area contributed by atoms with E-state index in [2.05, 4.69) is 0 Å². The summed E-state index contributed by atoms with van der Waals surface area (Å²) < 4.78 is 102. The first kappa shape index (κ1) is 19.9. The molecular formula is C17H13F7O2. The van der Waals surface area contributed by atoms with Crippen molar-refractivity contribution < 1.29 is 40.2 Å². The first-order valence-corrected chi connectivity index (χ1v) is 7.50. The predicted molar refractivity (Wildman–Crippen MR) is 78.2 cm³/mol. The van der Waals surface area contributed by atoms with Gasteiger partial charge in [0.05, 0.1) is 6.61 Å². The highest BCUT2D eigenvalue weighted by Gasteiger charge is 2.42. The smallest absolute Gasteiger partial charge is 0.422 e. The minimum absolute atomic E-state index is 0.246. The minimum atomic E-state index is -5.61. The number of hydrogen-bond donors (Lipinski definition) is 0. The SMILES string of the molecule is CCCCOc1ccc(Oc2c(F)c(F)c(C(F)(F)F)c(F)c2F)cc1. The van der Waals surface area contributed by atoms with Crippen LogP contribution in [0.15, 0.2) is 24.3 Å². The van der Waals surface area contributed by atoms with Crippen LogP contribution in [0.5, 0.6) is 17.2 Å². The molecule has 0 N–H and O–H groups in total. The van der Waals surface area contributed by atoms with Crippen LogP contribution >= 0.6 is 0 Å². The van der Waals surface area contributed by atoms with E-state index in [1.54, 1.807) is 0 Å². The Morgan fingerprint density at radius 1 is 0.808 bits per heavy atom. The van der Waals surface area contributed by atoms with E-state index >= 15 is 0 Å². The Bertz CT molecular complexity index is 741. The molecule has 0 bridgehead atoms. The molecule has 9 heteroatoms. The fourth-order valence-electron chi connectivity index (χ4n) is 2.01. The third-order valence-corrected chi connectivity index (χ3v) is 3.32. The minimum Gasteiger partial charge on any atom is -0.494 e. The summed E-state index contributed by atoms with van der Waals surface area (Å²) in [6.45, 7) is 2.40. The van der Waals surface area contributed by atoms with Crippen LogP contribution in [-0.2, 0) is 6.18 Å². The summed E-state index contributed by atoms with van der Waals surface area (Å²) in [6.07, 6.45) is -3.89. The Balaban J connectivity index is 2.30. The van der Waals surface area contributed by atoms with Crippen molar-refractivity contribution in [3.8, 4) is 17.2 Å². The lowest BCUT2D eigenvalue weighted by Gasteiger charge is -2.14. The fraction of sp³-hybridized carbons (Fsp3) is 0.294. The maximum Gasteiger partial charge on any atom is 0.422 e. The number of hydrogen-bond acceptors (Lipinski definition) is 2. The highest BCUT2D eigenvalue weighted by atomic mass is 19.4. The van der Waals surface area contributed by atoms with Crippen molar-refractivity contribution in [1.29, 1.82) is 0 Å². The highest BCUT2D eigenvalue weighted by molar-refractivity contribution is 5.40. The topological polar surface area (TPSA) is 18.5 Å². The van der Waals surface area contributed by atoms with E-state index in [1.165, 1.54) is 24.3 Å². The quantitative estimate of drug-likeness (QED) is 0.335. The van der Waals surface area contributed by atoms with Gasteiger partial charge in [-0.25, -0.2) is 8.78 Å². The Kier molecular flexibility index (Phi) is 5.99. The maximum absolute atomic E-state index is 13.8. The molecule has 0 aliphatic heterocycles. The van der Waals surface area contributed by atoms with E-state index in [-0.39, 0.29) is 5.75 Å². The zero-order valence-electron chi connectivity index (χ0n) is 13.4. The van der Waals surface area contributed by atoms with Crippen LogP contribution in [0.1, 0.15) is 25.3 Å². The van der Waals surface area contributed by atoms with E-state index in [0.29, 0.717) is 12.4 Å². The van der Waals surface area contributed by atoms with Gasteiger partial charge in [0, 0.05) is 0 Å². The summed E-state index contributed by atoms with van der Waals surface area (Å²) in [6, 6.07) is 5.12. The lowest BCUT2D eigenvalue weighted by molar-refractivity contribution is -0.143. The number of benzene rings is 2. The van der Waals surface area contributed by atoms with Gasteiger partial charge in [0.25, 0.3) is 0 Å². The largest absolute Gasteiger partial charge is 0.494 e. The Hall–Kier alpha value is -2.45. The van der Waals surface area contributed by atoms with Gasteiger partial charge >= 0.3 is 6.18 Å². The number of halogens is 7. The van der Waals surface area contributed by atoms with Gasteiger partial charge in [-0.3, -0.25) is 0 Å². The summed E-state index contributed by atoms with van der Waals surface area (Å²) in [4.78, 5) is 0. The number of rotatable bonds is 6. The second kappa shape index (κ2) is 7.84. The van der Waals surface area contributed by atoms with Crippen molar-refractivity contribution in [2.75, 3.05) is 6.61 Å². The van der Waals surface area contributed by atoms with E-state index in [1.807, 2.05) is 6.92 Å². The Morgan fingerprint density at radius 3 is 1.77 bits per heavy atom. The molecule has 0 radical (unpaired) electrons. The maximum atomic E-state index is 13.8. The van der Waals surface area contributed by atoms with Crippen molar-refractivity contribution in [2.24, 2.45) is 0 Å². The Morgan fingerprint density at radius 2 is 1.31 bits per heavy atom. The standard InChI is InChI=1S/C17H13F7O2/c1-2-3-8-25-9-4-6-10(7-5-9)26-16-14(20)12(18)11(17(22,23)24)13(19)15(16)21/h4-7H,2-3,8H2,1H3. The molecule has 26 heavy (non-hydrogen) atoms. The van der Waals surface area contributed by atoms with Crippen molar-refractivity contribution in [3.63, 3.8) is 0 Å². The summed E-state index contributed by atoms with van der Waals surface area (Å²) in [5.74, 6) is -11.1. The molecule has 0 unspecified atom stereocenters. The normalized spacial score (nSPS) is 11.5. The van der Waals surface area contributed by atoms with Crippen LogP contribution in [0.2, 0.25) is 0 Å². The average molecular weight is 382 g/mol. The molecular weight excluding hydrogens is 369 g/mol. The third kappa shape index (κ3) is 4.20. The summed E-state index contributed by atoms with van der Waals surface area (Å²) in [5.41, 5.74) is -2.65. The number of alkyl halides is 3. The van der Waals surface area contributed by atoms with E-state index in [9.17, 15) is 30.7 Å². The van der Waals surface area contributed by atoms with Gasteiger partial charge in [-0.1, -0.05) is 13.3 Å². The number of unbranched alkanes of at least 4 members (excludes halogenated alkanes) is 1. The molecule has 0 heterocycles. The van der Waals surface area contributed by atoms with Gasteiger partial charge in [-0.15, -0.1) is 0 Å². The van der Waals surface area contributed by atoms with Gasteiger partial charge < -0.3 is 9.47 Å². The second-order valence-electron chi connectivity index (χ2n) is 5.23. The van der Waals surface area contributed by atoms with Crippen LogP contribution < -0.4 is 9.47 Å². The molecule has 2 nitrogen and oxygen atoms in total. The summed E-state index contributed by atoms with van der Waals surface area (Å²) >= 11 is 0. The van der Waals surface area contributed by atoms with Crippen molar-refractivity contribution in [2.45, 2.75) is 25.9 Å². The monoisotopic (exact) mass is 382 g/mol. The molecule has 142 valence electrons. The fourth-order valence-corrected chi connectivity index (χ4v) is 2.01. The Labute approximate surface area is 144 Å². The predicted octanol–water partition coefficient (Wildman–Crippen LogP) is 6.23. The van der Waals surface area contributed by atoms with E-state index in [4.69, 9.17) is 9.47 Å². The highest BCUT2D eigenvalue weighted by Crippen LogP contribution is 2.40. The molecule has 0 saturated heterocycles. The number of ether oxygens (including phenoxy) is 2. The molecule has 2 aromatic rings. The molecule has 0 amide bonds. The average Bonchev–Trinajstić information content (AvgIpc) is 2.57. The molecule has 0 aromatic heterocycles. The molecule has 0 atom stereocenters. The van der Waals surface area contributed by atoms with Gasteiger partial charge in [0.15, 0.2) is 11.6 Å². The van der Waals surface area contributed by atoms with Crippen LogP contribution in [-0.4, -0.2) is 6.61 Å². The zero-order valence-corrected chi connectivity index (χ0v) is 13.4. The molecule has 2 aromatic carbocycles. The van der Waals surface area contributed by atoms with Crippen LogP contribution in [0, 0.1) is 23.3 Å². The lowest BCUT2D eigenvalue weighted by atomic mass is 10.1. The first-order valence-electron chi connectivity index (χ1n) is 7.50. The van der Waals surface area contributed by atoms with Crippen molar-refractivity contribution in [1.82, 2.24) is 0 Å².